The third-order valence-corrected chi connectivity index (χ3v) is 5.54. The van der Waals surface area contributed by atoms with Crippen LogP contribution in [0.4, 0.5) is 4.79 Å². The van der Waals surface area contributed by atoms with Gasteiger partial charge in [0, 0.05) is 6.04 Å². The molecule has 0 aliphatic heterocycles. The average molecular weight is 335 g/mol. The molecule has 7 heteroatoms. The number of carbonyl (C=O) groups excluding carboxylic acids is 1. The van der Waals surface area contributed by atoms with Gasteiger partial charge in [0.2, 0.25) is 0 Å². The largest absolute Gasteiger partial charge is 0.335 e. The molecule has 23 heavy (non-hydrogen) atoms. The van der Waals surface area contributed by atoms with Crippen LogP contribution >= 0.6 is 0 Å². The number of urea groups is 1. The molecular weight excluding hydrogens is 314 g/mol. The molecule has 1 aromatic rings. The van der Waals surface area contributed by atoms with Crippen molar-refractivity contribution >= 4 is 16.1 Å². The van der Waals surface area contributed by atoms with Gasteiger partial charge in [0.15, 0.2) is 0 Å². The first kappa shape index (κ1) is 17.3. The van der Waals surface area contributed by atoms with Gasteiger partial charge in [0.25, 0.3) is 10.0 Å². The maximum atomic E-state index is 12.2. The quantitative estimate of drug-likeness (QED) is 0.883. The molecule has 1 saturated carbocycles. The second-order valence-corrected chi connectivity index (χ2v) is 7.59. The Balaban J connectivity index is 1.99. The molecular formula is C16H21N3O3S. The van der Waals surface area contributed by atoms with Crippen molar-refractivity contribution in [3.05, 3.63) is 29.8 Å². The zero-order chi connectivity index (χ0) is 16.9. The predicted octanol–water partition coefficient (Wildman–Crippen LogP) is 2.51. The van der Waals surface area contributed by atoms with Gasteiger partial charge in [0.1, 0.15) is 0 Å². The van der Waals surface area contributed by atoms with E-state index < -0.39 is 16.1 Å². The molecule has 1 aliphatic rings. The van der Waals surface area contributed by atoms with Gasteiger partial charge in [-0.05, 0) is 43.9 Å². The number of hydrogen-bond acceptors (Lipinski definition) is 4. The molecule has 1 unspecified atom stereocenters. The molecule has 2 rings (SSSR count). The molecule has 0 saturated heterocycles. The van der Waals surface area contributed by atoms with Crippen molar-refractivity contribution in [1.82, 2.24) is 10.0 Å². The van der Waals surface area contributed by atoms with Crippen LogP contribution in [0.15, 0.2) is 29.2 Å². The van der Waals surface area contributed by atoms with Gasteiger partial charge < -0.3 is 5.32 Å². The zero-order valence-corrected chi connectivity index (χ0v) is 13.9. The van der Waals surface area contributed by atoms with Crippen LogP contribution in [-0.2, 0) is 10.0 Å². The van der Waals surface area contributed by atoms with Gasteiger partial charge >= 0.3 is 6.03 Å². The Bertz CT molecular complexity index is 704. The van der Waals surface area contributed by atoms with Crippen molar-refractivity contribution in [2.24, 2.45) is 5.92 Å². The Hall–Kier alpha value is -2.07. The van der Waals surface area contributed by atoms with Gasteiger partial charge in [-0.1, -0.05) is 25.3 Å². The van der Waals surface area contributed by atoms with Gasteiger partial charge in [-0.3, -0.25) is 0 Å². The van der Waals surface area contributed by atoms with E-state index in [0.717, 1.165) is 25.7 Å². The molecule has 0 heterocycles. The molecule has 1 aliphatic carbocycles. The molecule has 1 aromatic carbocycles. The molecule has 6 nitrogen and oxygen atoms in total. The highest BCUT2D eigenvalue weighted by molar-refractivity contribution is 7.90. The summed E-state index contributed by atoms with van der Waals surface area (Å²) in [5.41, 5.74) is 0.226. The fourth-order valence-electron chi connectivity index (χ4n) is 2.90. The van der Waals surface area contributed by atoms with Crippen molar-refractivity contribution in [2.75, 3.05) is 0 Å². The average Bonchev–Trinajstić information content (AvgIpc) is 2.55. The maximum absolute atomic E-state index is 12.2. The van der Waals surface area contributed by atoms with Crippen LogP contribution in [0.2, 0.25) is 0 Å². The predicted molar refractivity (Wildman–Crippen MR) is 86.0 cm³/mol. The number of carbonyl (C=O) groups is 1. The highest BCUT2D eigenvalue weighted by atomic mass is 32.2. The van der Waals surface area contributed by atoms with Crippen molar-refractivity contribution in [3.63, 3.8) is 0 Å². The molecule has 124 valence electrons. The number of amides is 2. The van der Waals surface area contributed by atoms with Crippen LogP contribution in [-0.4, -0.2) is 20.5 Å². The lowest BCUT2D eigenvalue weighted by molar-refractivity contribution is 0.229. The number of rotatable bonds is 4. The summed E-state index contributed by atoms with van der Waals surface area (Å²) in [7, 11) is -3.98. The monoisotopic (exact) mass is 335 g/mol. The van der Waals surface area contributed by atoms with E-state index in [-0.39, 0.29) is 16.5 Å². The second-order valence-electron chi connectivity index (χ2n) is 5.91. The fourth-order valence-corrected chi connectivity index (χ4v) is 3.86. The van der Waals surface area contributed by atoms with Gasteiger partial charge in [-0.25, -0.2) is 17.9 Å². The van der Waals surface area contributed by atoms with Crippen LogP contribution in [0.5, 0.6) is 0 Å². The summed E-state index contributed by atoms with van der Waals surface area (Å²) < 4.78 is 26.4. The van der Waals surface area contributed by atoms with E-state index in [4.69, 9.17) is 5.26 Å². The van der Waals surface area contributed by atoms with Crippen molar-refractivity contribution < 1.29 is 13.2 Å². The lowest BCUT2D eigenvalue weighted by atomic mass is 9.85. The Morgan fingerprint density at radius 1 is 1.30 bits per heavy atom. The van der Waals surface area contributed by atoms with E-state index in [9.17, 15) is 13.2 Å². The molecule has 0 bridgehead atoms. The topological polar surface area (TPSA) is 99.1 Å². The van der Waals surface area contributed by atoms with E-state index >= 15 is 0 Å². The van der Waals surface area contributed by atoms with Crippen LogP contribution in [0.25, 0.3) is 0 Å². The van der Waals surface area contributed by atoms with Gasteiger partial charge in [-0.2, -0.15) is 5.26 Å². The fraction of sp³-hybridized carbons (Fsp3) is 0.500. The van der Waals surface area contributed by atoms with Gasteiger partial charge in [0.05, 0.1) is 16.5 Å². The lowest BCUT2D eigenvalue weighted by Gasteiger charge is -2.28. The smallest absolute Gasteiger partial charge is 0.328 e. The van der Waals surface area contributed by atoms with Crippen molar-refractivity contribution in [1.29, 1.82) is 5.26 Å². The minimum Gasteiger partial charge on any atom is -0.335 e. The maximum Gasteiger partial charge on any atom is 0.328 e. The highest BCUT2D eigenvalue weighted by Crippen LogP contribution is 2.26. The summed E-state index contributed by atoms with van der Waals surface area (Å²) in [5, 5.41) is 11.5. The normalized spacial score (nSPS) is 17.0. The summed E-state index contributed by atoms with van der Waals surface area (Å²) in [4.78, 5) is 11.9. The van der Waals surface area contributed by atoms with Crippen LogP contribution in [0.3, 0.4) is 0 Å². The van der Waals surface area contributed by atoms with Crippen LogP contribution in [0, 0.1) is 17.2 Å². The standard InChI is InChI=1S/C16H21N3O3S/c1-12(14-7-3-2-4-8-14)18-16(20)19-23(21,22)15-9-5-6-13(10-15)11-17/h5-6,9-10,12,14H,2-4,7-8H2,1H3,(H2,18,19,20). The summed E-state index contributed by atoms with van der Waals surface area (Å²) >= 11 is 0. The SMILES string of the molecule is CC(NC(=O)NS(=O)(=O)c1cccc(C#N)c1)C1CCCCC1. The molecule has 0 aromatic heterocycles. The number of nitrogens with one attached hydrogen (secondary N) is 2. The van der Waals surface area contributed by atoms with E-state index in [2.05, 4.69) is 5.32 Å². The third-order valence-electron chi connectivity index (χ3n) is 4.22. The van der Waals surface area contributed by atoms with Crippen LogP contribution in [0.1, 0.15) is 44.6 Å². The Morgan fingerprint density at radius 2 is 2.00 bits per heavy atom. The molecule has 2 amide bonds. The van der Waals surface area contributed by atoms with E-state index in [1.54, 1.807) is 0 Å². The summed E-state index contributed by atoms with van der Waals surface area (Å²) in [5.74, 6) is 0.388. The first-order valence-electron chi connectivity index (χ1n) is 7.76. The first-order chi connectivity index (χ1) is 10.9. The number of nitriles is 1. The van der Waals surface area contributed by atoms with Crippen LogP contribution < -0.4 is 10.0 Å². The first-order valence-corrected chi connectivity index (χ1v) is 9.24. The minimum absolute atomic E-state index is 0.0732. The molecule has 0 spiro atoms. The molecule has 2 N–H and O–H groups in total. The number of nitrogens with zero attached hydrogens (tertiary/aromatic N) is 1. The minimum atomic E-state index is -3.98. The van der Waals surface area contributed by atoms with Crippen molar-refractivity contribution in [3.8, 4) is 6.07 Å². The van der Waals surface area contributed by atoms with E-state index in [1.165, 1.54) is 30.7 Å². The molecule has 1 fully saturated rings. The Labute approximate surface area is 136 Å². The third kappa shape index (κ3) is 4.70. The summed E-state index contributed by atoms with van der Waals surface area (Å²) in [6.07, 6.45) is 5.63. The summed E-state index contributed by atoms with van der Waals surface area (Å²) in [6, 6.07) is 6.63. The zero-order valence-electron chi connectivity index (χ0n) is 13.1. The Kier molecular flexibility index (Phi) is 5.61. The second kappa shape index (κ2) is 7.47. The summed E-state index contributed by atoms with van der Waals surface area (Å²) in [6.45, 7) is 1.90. The lowest BCUT2D eigenvalue weighted by Crippen LogP contribution is -2.46. The van der Waals surface area contributed by atoms with E-state index in [0.29, 0.717) is 5.92 Å². The van der Waals surface area contributed by atoms with Crippen molar-refractivity contribution in [2.45, 2.75) is 50.0 Å². The van der Waals surface area contributed by atoms with E-state index in [1.807, 2.05) is 17.7 Å². The Morgan fingerprint density at radius 3 is 2.65 bits per heavy atom. The number of sulfonamides is 1. The number of hydrogen-bond donors (Lipinski definition) is 2. The van der Waals surface area contributed by atoms with Gasteiger partial charge in [-0.15, -0.1) is 0 Å². The molecule has 1 atom stereocenters. The highest BCUT2D eigenvalue weighted by Gasteiger charge is 2.24. The number of benzene rings is 1. The molecule has 0 radical (unpaired) electrons.